The van der Waals surface area contributed by atoms with Crippen LogP contribution in [-0.2, 0) is 0 Å². The normalized spacial score (nSPS) is 9.90. The number of halogens is 2. The van der Waals surface area contributed by atoms with Gasteiger partial charge in [-0.15, -0.1) is 0 Å². The minimum Gasteiger partial charge on any atom is -0.306 e. The minimum atomic E-state index is -0.678. The third-order valence-electron chi connectivity index (χ3n) is 2.44. The molecule has 0 aliphatic rings. The first kappa shape index (κ1) is 14.4. The number of rotatable bonds is 2. The molecule has 0 saturated heterocycles. The molecule has 20 heavy (non-hydrogen) atoms. The highest BCUT2D eigenvalue weighted by molar-refractivity contribution is 6.35. The Morgan fingerprint density at radius 3 is 2.35 bits per heavy atom. The zero-order valence-electron chi connectivity index (χ0n) is 10.2. The molecule has 0 bridgehead atoms. The van der Waals surface area contributed by atoms with Crippen LogP contribution in [0.1, 0.15) is 10.4 Å². The van der Waals surface area contributed by atoms with Crippen LogP contribution in [0.15, 0.2) is 48.5 Å². The highest BCUT2D eigenvalue weighted by Crippen LogP contribution is 2.25. The number of nitrogens with one attached hydrogen (secondary N) is 2. The van der Waals surface area contributed by atoms with E-state index in [0.29, 0.717) is 21.3 Å². The predicted octanol–water partition coefficient (Wildman–Crippen LogP) is 3.96. The zero-order chi connectivity index (χ0) is 14.5. The van der Waals surface area contributed by atoms with E-state index in [1.165, 1.54) is 6.07 Å². The lowest BCUT2D eigenvalue weighted by Crippen LogP contribution is -2.34. The zero-order valence-corrected chi connectivity index (χ0v) is 11.7. The number of anilines is 1. The Labute approximate surface area is 125 Å². The molecule has 102 valence electrons. The molecule has 6 heteroatoms. The van der Waals surface area contributed by atoms with E-state index < -0.39 is 11.9 Å². The average molecular weight is 309 g/mol. The summed E-state index contributed by atoms with van der Waals surface area (Å²) in [5.41, 5.74) is 0.720. The maximum Gasteiger partial charge on any atom is 0.326 e. The van der Waals surface area contributed by atoms with Crippen molar-refractivity contribution in [2.75, 3.05) is 5.32 Å². The first-order valence-corrected chi connectivity index (χ1v) is 6.44. The molecule has 2 N–H and O–H groups in total. The number of urea groups is 1. The maximum atomic E-state index is 11.8. The van der Waals surface area contributed by atoms with E-state index in [9.17, 15) is 9.59 Å². The second-order valence-corrected chi connectivity index (χ2v) is 4.74. The quantitative estimate of drug-likeness (QED) is 0.882. The van der Waals surface area contributed by atoms with E-state index in [-0.39, 0.29) is 0 Å². The van der Waals surface area contributed by atoms with Crippen molar-refractivity contribution in [3.05, 3.63) is 64.1 Å². The van der Waals surface area contributed by atoms with Crippen molar-refractivity contribution in [2.24, 2.45) is 0 Å². The molecule has 0 aromatic heterocycles. The number of hydrogen-bond acceptors (Lipinski definition) is 2. The molecule has 0 atom stereocenters. The molecule has 0 radical (unpaired) electrons. The van der Waals surface area contributed by atoms with Crippen LogP contribution >= 0.6 is 23.2 Å². The SMILES string of the molecule is O=C(NC(=O)c1ccccc1)Nc1cc(Cl)ccc1Cl. The van der Waals surface area contributed by atoms with Crippen LogP contribution in [-0.4, -0.2) is 11.9 Å². The minimum absolute atomic E-state index is 0.330. The highest BCUT2D eigenvalue weighted by Gasteiger charge is 2.11. The van der Waals surface area contributed by atoms with Crippen molar-refractivity contribution in [2.45, 2.75) is 0 Å². The Bertz CT molecular complexity index is 645. The standard InChI is InChI=1S/C14H10Cl2N2O2/c15-10-6-7-11(16)12(8-10)17-14(20)18-13(19)9-4-2-1-3-5-9/h1-8H,(H2,17,18,19,20). The Balaban J connectivity index is 2.03. The van der Waals surface area contributed by atoms with Gasteiger partial charge in [0.05, 0.1) is 10.7 Å². The lowest BCUT2D eigenvalue weighted by Gasteiger charge is -2.08. The number of imide groups is 1. The summed E-state index contributed by atoms with van der Waals surface area (Å²) in [5.74, 6) is -0.499. The van der Waals surface area contributed by atoms with Crippen molar-refractivity contribution < 1.29 is 9.59 Å². The second kappa shape index (κ2) is 6.41. The van der Waals surface area contributed by atoms with E-state index in [0.717, 1.165) is 0 Å². The summed E-state index contributed by atoms with van der Waals surface area (Å²) in [6.07, 6.45) is 0. The third-order valence-corrected chi connectivity index (χ3v) is 3.00. The molecule has 0 spiro atoms. The Kier molecular flexibility index (Phi) is 4.61. The molecule has 2 rings (SSSR count). The van der Waals surface area contributed by atoms with Crippen LogP contribution in [0.25, 0.3) is 0 Å². The Morgan fingerprint density at radius 1 is 0.950 bits per heavy atom. The van der Waals surface area contributed by atoms with Crippen LogP contribution in [0.3, 0.4) is 0 Å². The summed E-state index contributed by atoms with van der Waals surface area (Å²) < 4.78 is 0. The van der Waals surface area contributed by atoms with E-state index in [4.69, 9.17) is 23.2 Å². The van der Waals surface area contributed by atoms with Gasteiger partial charge < -0.3 is 5.32 Å². The van der Waals surface area contributed by atoms with Gasteiger partial charge >= 0.3 is 6.03 Å². The fourth-order valence-corrected chi connectivity index (χ4v) is 1.85. The molecule has 0 aliphatic heterocycles. The van der Waals surface area contributed by atoms with Gasteiger partial charge in [-0.2, -0.15) is 0 Å². The fourth-order valence-electron chi connectivity index (χ4n) is 1.51. The predicted molar refractivity (Wildman–Crippen MR) is 79.4 cm³/mol. The fraction of sp³-hybridized carbons (Fsp3) is 0. The summed E-state index contributed by atoms with van der Waals surface area (Å²) in [4.78, 5) is 23.5. The topological polar surface area (TPSA) is 58.2 Å². The van der Waals surface area contributed by atoms with E-state index in [1.807, 2.05) is 0 Å². The molecule has 3 amide bonds. The molecule has 0 unspecified atom stereocenters. The van der Waals surface area contributed by atoms with Gasteiger partial charge in [0.25, 0.3) is 5.91 Å². The van der Waals surface area contributed by atoms with Gasteiger partial charge in [-0.3, -0.25) is 10.1 Å². The van der Waals surface area contributed by atoms with Gasteiger partial charge in [0.15, 0.2) is 0 Å². The van der Waals surface area contributed by atoms with Gasteiger partial charge in [0.2, 0.25) is 0 Å². The molecule has 0 saturated carbocycles. The molecular formula is C14H10Cl2N2O2. The monoisotopic (exact) mass is 308 g/mol. The molecule has 0 heterocycles. The largest absolute Gasteiger partial charge is 0.326 e. The van der Waals surface area contributed by atoms with Gasteiger partial charge in [0, 0.05) is 10.6 Å². The number of amides is 3. The van der Waals surface area contributed by atoms with Gasteiger partial charge in [-0.05, 0) is 30.3 Å². The average Bonchev–Trinajstić information content (AvgIpc) is 2.43. The first-order chi connectivity index (χ1) is 9.56. The second-order valence-electron chi connectivity index (χ2n) is 3.90. The maximum absolute atomic E-state index is 11.8. The van der Waals surface area contributed by atoms with Gasteiger partial charge in [-0.25, -0.2) is 4.79 Å². The van der Waals surface area contributed by atoms with E-state index >= 15 is 0 Å². The Hall–Kier alpha value is -2.04. The van der Waals surface area contributed by atoms with E-state index in [1.54, 1.807) is 42.5 Å². The molecule has 4 nitrogen and oxygen atoms in total. The number of benzene rings is 2. The molecular weight excluding hydrogens is 299 g/mol. The molecule has 0 fully saturated rings. The van der Waals surface area contributed by atoms with Crippen molar-refractivity contribution >= 4 is 40.8 Å². The number of carbonyl (C=O) groups excluding carboxylic acids is 2. The summed E-state index contributed by atoms with van der Waals surface area (Å²) in [7, 11) is 0. The van der Waals surface area contributed by atoms with Crippen molar-refractivity contribution in [3.63, 3.8) is 0 Å². The highest BCUT2D eigenvalue weighted by atomic mass is 35.5. The number of carbonyl (C=O) groups is 2. The summed E-state index contributed by atoms with van der Waals surface area (Å²) in [5, 5.41) is 5.43. The summed E-state index contributed by atoms with van der Waals surface area (Å²) >= 11 is 11.7. The molecule has 0 aliphatic carbocycles. The van der Waals surface area contributed by atoms with Crippen LogP contribution in [0.2, 0.25) is 10.0 Å². The van der Waals surface area contributed by atoms with Crippen LogP contribution in [0, 0.1) is 0 Å². The van der Waals surface area contributed by atoms with Crippen LogP contribution < -0.4 is 10.6 Å². The summed E-state index contributed by atoms with van der Waals surface area (Å²) in [6.45, 7) is 0. The lowest BCUT2D eigenvalue weighted by atomic mass is 10.2. The van der Waals surface area contributed by atoms with Crippen molar-refractivity contribution in [3.8, 4) is 0 Å². The smallest absolute Gasteiger partial charge is 0.306 e. The first-order valence-electron chi connectivity index (χ1n) is 5.68. The van der Waals surface area contributed by atoms with Crippen LogP contribution in [0.4, 0.5) is 10.5 Å². The number of hydrogen-bond donors (Lipinski definition) is 2. The summed E-state index contributed by atoms with van der Waals surface area (Å²) in [6, 6.07) is 12.4. The van der Waals surface area contributed by atoms with E-state index in [2.05, 4.69) is 10.6 Å². The third kappa shape index (κ3) is 3.73. The molecule has 2 aromatic rings. The van der Waals surface area contributed by atoms with Crippen molar-refractivity contribution in [1.29, 1.82) is 0 Å². The Morgan fingerprint density at radius 2 is 1.65 bits per heavy atom. The van der Waals surface area contributed by atoms with Crippen molar-refractivity contribution in [1.82, 2.24) is 5.32 Å². The van der Waals surface area contributed by atoms with Gasteiger partial charge in [-0.1, -0.05) is 41.4 Å². The molecule has 2 aromatic carbocycles. The lowest BCUT2D eigenvalue weighted by molar-refractivity contribution is 0.0967. The van der Waals surface area contributed by atoms with Gasteiger partial charge in [0.1, 0.15) is 0 Å². The van der Waals surface area contributed by atoms with Crippen LogP contribution in [0.5, 0.6) is 0 Å².